The Labute approximate surface area is 117 Å². The van der Waals surface area contributed by atoms with E-state index < -0.39 is 0 Å². The summed E-state index contributed by atoms with van der Waals surface area (Å²) >= 11 is 0. The van der Waals surface area contributed by atoms with Crippen molar-refractivity contribution < 1.29 is 9.47 Å². The molecule has 1 saturated heterocycles. The van der Waals surface area contributed by atoms with Gasteiger partial charge in [-0.05, 0) is 24.7 Å². The molecule has 1 saturated carbocycles. The van der Waals surface area contributed by atoms with E-state index in [0.717, 1.165) is 25.6 Å². The molecule has 0 aromatic carbocycles. The van der Waals surface area contributed by atoms with Gasteiger partial charge in [-0.2, -0.15) is 0 Å². The molecule has 2 aliphatic rings. The van der Waals surface area contributed by atoms with E-state index in [2.05, 4.69) is 24.1 Å². The van der Waals surface area contributed by atoms with Crippen LogP contribution in [0.1, 0.15) is 26.7 Å². The van der Waals surface area contributed by atoms with Crippen molar-refractivity contribution in [2.24, 2.45) is 11.8 Å². The van der Waals surface area contributed by atoms with Crippen molar-refractivity contribution in [1.29, 1.82) is 0 Å². The van der Waals surface area contributed by atoms with Crippen molar-refractivity contribution in [3.8, 4) is 0 Å². The predicted molar refractivity (Wildman–Crippen MR) is 77.4 cm³/mol. The van der Waals surface area contributed by atoms with Crippen LogP contribution in [0.15, 0.2) is 0 Å². The Hall–Kier alpha value is -0.160. The zero-order chi connectivity index (χ0) is 13.7. The molecule has 1 aliphatic carbocycles. The van der Waals surface area contributed by atoms with Gasteiger partial charge in [-0.15, -0.1) is 0 Å². The van der Waals surface area contributed by atoms with E-state index in [1.54, 1.807) is 7.11 Å². The van der Waals surface area contributed by atoms with Crippen LogP contribution in [-0.2, 0) is 9.47 Å². The largest absolute Gasteiger partial charge is 0.382 e. The zero-order valence-electron chi connectivity index (χ0n) is 12.7. The number of methoxy groups -OCH3 is 1. The van der Waals surface area contributed by atoms with Gasteiger partial charge in [0, 0.05) is 38.8 Å². The summed E-state index contributed by atoms with van der Waals surface area (Å²) < 4.78 is 10.6. The molecule has 1 heterocycles. The first kappa shape index (κ1) is 15.2. The van der Waals surface area contributed by atoms with Gasteiger partial charge in [-0.25, -0.2) is 0 Å². The molecule has 0 aromatic heterocycles. The van der Waals surface area contributed by atoms with E-state index in [1.807, 2.05) is 0 Å². The van der Waals surface area contributed by atoms with Gasteiger partial charge in [-0.3, -0.25) is 4.90 Å². The van der Waals surface area contributed by atoms with E-state index >= 15 is 0 Å². The van der Waals surface area contributed by atoms with Crippen LogP contribution >= 0.6 is 0 Å². The number of rotatable bonds is 8. The predicted octanol–water partition coefficient (Wildman–Crippen LogP) is 1.36. The lowest BCUT2D eigenvalue weighted by Gasteiger charge is -2.42. The standard InChI is InChI=1S/C15H30N2O2/c1-12(2)15-10-16-14(13-4-5-13)11-17(15)6-7-19-9-8-18-3/h12-16H,4-11H2,1-3H3. The lowest BCUT2D eigenvalue weighted by molar-refractivity contribution is 0.0289. The van der Waals surface area contributed by atoms with Crippen LogP contribution in [0.4, 0.5) is 0 Å². The number of piperazine rings is 1. The minimum absolute atomic E-state index is 0.654. The lowest BCUT2D eigenvalue weighted by atomic mass is 9.97. The van der Waals surface area contributed by atoms with Crippen LogP contribution in [0, 0.1) is 11.8 Å². The Kier molecular flexibility index (Phi) is 6.07. The van der Waals surface area contributed by atoms with Crippen molar-refractivity contribution in [1.82, 2.24) is 10.2 Å². The third-order valence-electron chi connectivity index (χ3n) is 4.40. The molecule has 19 heavy (non-hydrogen) atoms. The maximum absolute atomic E-state index is 5.63. The fourth-order valence-corrected chi connectivity index (χ4v) is 3.01. The molecule has 0 bridgehead atoms. The minimum Gasteiger partial charge on any atom is -0.382 e. The molecule has 2 fully saturated rings. The third kappa shape index (κ3) is 4.71. The molecule has 0 aromatic rings. The third-order valence-corrected chi connectivity index (χ3v) is 4.40. The van der Waals surface area contributed by atoms with Gasteiger partial charge >= 0.3 is 0 Å². The second-order valence-corrected chi connectivity index (χ2v) is 6.26. The van der Waals surface area contributed by atoms with Gasteiger partial charge in [0.1, 0.15) is 0 Å². The summed E-state index contributed by atoms with van der Waals surface area (Å²) in [5.74, 6) is 1.64. The number of hydrogen-bond acceptors (Lipinski definition) is 4. The van der Waals surface area contributed by atoms with E-state index in [1.165, 1.54) is 19.4 Å². The Balaban J connectivity index is 1.74. The first-order valence-electron chi connectivity index (χ1n) is 7.76. The first-order chi connectivity index (χ1) is 9.22. The molecule has 4 heteroatoms. The minimum atomic E-state index is 0.654. The zero-order valence-corrected chi connectivity index (χ0v) is 12.7. The molecule has 0 amide bonds. The molecule has 1 N–H and O–H groups in total. The van der Waals surface area contributed by atoms with E-state index in [0.29, 0.717) is 31.2 Å². The SMILES string of the molecule is COCCOCCN1CC(C2CC2)NCC1C(C)C. The quantitative estimate of drug-likeness (QED) is 0.675. The second-order valence-electron chi connectivity index (χ2n) is 6.26. The number of nitrogens with zero attached hydrogens (tertiary/aromatic N) is 1. The van der Waals surface area contributed by atoms with Gasteiger partial charge in [0.2, 0.25) is 0 Å². The summed E-state index contributed by atoms with van der Waals surface area (Å²) in [5.41, 5.74) is 0. The highest BCUT2D eigenvalue weighted by Crippen LogP contribution is 2.34. The lowest BCUT2D eigenvalue weighted by Crippen LogP contribution is -2.59. The van der Waals surface area contributed by atoms with Gasteiger partial charge in [0.25, 0.3) is 0 Å². The molecule has 2 unspecified atom stereocenters. The van der Waals surface area contributed by atoms with Crippen LogP contribution in [0.2, 0.25) is 0 Å². The first-order valence-corrected chi connectivity index (χ1v) is 7.76. The number of ether oxygens (including phenoxy) is 2. The summed E-state index contributed by atoms with van der Waals surface area (Å²) in [6.07, 6.45) is 2.84. The molecule has 2 rings (SSSR count). The van der Waals surface area contributed by atoms with E-state index in [-0.39, 0.29) is 0 Å². The fourth-order valence-electron chi connectivity index (χ4n) is 3.01. The van der Waals surface area contributed by atoms with Gasteiger partial charge in [0.15, 0.2) is 0 Å². The molecular formula is C15H30N2O2. The highest BCUT2D eigenvalue weighted by atomic mass is 16.5. The molecule has 2 atom stereocenters. The Morgan fingerprint density at radius 2 is 2.00 bits per heavy atom. The summed E-state index contributed by atoms with van der Waals surface area (Å²) in [6, 6.07) is 1.37. The molecule has 1 aliphatic heterocycles. The normalized spacial score (nSPS) is 29.1. The summed E-state index contributed by atoms with van der Waals surface area (Å²) in [4.78, 5) is 2.64. The van der Waals surface area contributed by atoms with Crippen molar-refractivity contribution in [3.05, 3.63) is 0 Å². The van der Waals surface area contributed by atoms with Gasteiger partial charge in [-0.1, -0.05) is 13.8 Å². The van der Waals surface area contributed by atoms with Crippen LogP contribution in [0.5, 0.6) is 0 Å². The fraction of sp³-hybridized carbons (Fsp3) is 1.00. The number of hydrogen-bond donors (Lipinski definition) is 1. The molecular weight excluding hydrogens is 240 g/mol. The van der Waals surface area contributed by atoms with Crippen LogP contribution in [-0.4, -0.2) is 63.5 Å². The maximum atomic E-state index is 5.63. The monoisotopic (exact) mass is 270 g/mol. The molecule has 0 radical (unpaired) electrons. The average molecular weight is 270 g/mol. The highest BCUT2D eigenvalue weighted by Gasteiger charge is 2.37. The van der Waals surface area contributed by atoms with Crippen LogP contribution in [0.3, 0.4) is 0 Å². The Bertz CT molecular complexity index is 257. The summed E-state index contributed by atoms with van der Waals surface area (Å²) in [6.45, 7) is 10.3. The van der Waals surface area contributed by atoms with Crippen LogP contribution in [0.25, 0.3) is 0 Å². The number of nitrogens with one attached hydrogen (secondary N) is 1. The van der Waals surface area contributed by atoms with E-state index in [4.69, 9.17) is 9.47 Å². The van der Waals surface area contributed by atoms with Crippen molar-refractivity contribution >= 4 is 0 Å². The van der Waals surface area contributed by atoms with Crippen molar-refractivity contribution in [3.63, 3.8) is 0 Å². The topological polar surface area (TPSA) is 33.7 Å². The van der Waals surface area contributed by atoms with Crippen molar-refractivity contribution in [2.75, 3.05) is 46.6 Å². The van der Waals surface area contributed by atoms with Crippen molar-refractivity contribution in [2.45, 2.75) is 38.8 Å². The average Bonchev–Trinajstić information content (AvgIpc) is 3.22. The van der Waals surface area contributed by atoms with Gasteiger partial charge in [0.05, 0.1) is 19.8 Å². The smallest absolute Gasteiger partial charge is 0.0700 e. The highest BCUT2D eigenvalue weighted by molar-refractivity contribution is 4.95. The molecule has 0 spiro atoms. The Morgan fingerprint density at radius 3 is 2.63 bits per heavy atom. The van der Waals surface area contributed by atoms with E-state index in [9.17, 15) is 0 Å². The molecule has 4 nitrogen and oxygen atoms in total. The summed E-state index contributed by atoms with van der Waals surface area (Å²) in [7, 11) is 1.72. The Morgan fingerprint density at radius 1 is 1.21 bits per heavy atom. The molecule has 112 valence electrons. The van der Waals surface area contributed by atoms with Crippen LogP contribution < -0.4 is 5.32 Å². The summed E-state index contributed by atoms with van der Waals surface area (Å²) in [5, 5.41) is 3.75. The van der Waals surface area contributed by atoms with Gasteiger partial charge < -0.3 is 14.8 Å². The second kappa shape index (κ2) is 7.58. The maximum Gasteiger partial charge on any atom is 0.0700 e.